The summed E-state index contributed by atoms with van der Waals surface area (Å²) in [6.45, 7) is 1.71. The summed E-state index contributed by atoms with van der Waals surface area (Å²) in [5.74, 6) is 0.496. The Bertz CT molecular complexity index is 537. The Morgan fingerprint density at radius 3 is 2.72 bits per heavy atom. The number of ether oxygens (including phenoxy) is 1. The van der Waals surface area contributed by atoms with E-state index in [0.717, 1.165) is 6.07 Å². The van der Waals surface area contributed by atoms with Crippen molar-refractivity contribution in [1.29, 1.82) is 0 Å². The molecule has 0 amide bonds. The maximum atomic E-state index is 12.4. The lowest BCUT2D eigenvalue weighted by molar-refractivity contribution is -0.141. The fourth-order valence-electron chi connectivity index (χ4n) is 1.29. The molecule has 2 rings (SSSR count). The van der Waals surface area contributed by atoms with E-state index in [2.05, 4.69) is 10.1 Å². The van der Waals surface area contributed by atoms with Crippen LogP contribution in [0.2, 0.25) is 0 Å². The van der Waals surface area contributed by atoms with E-state index in [-0.39, 0.29) is 12.5 Å². The van der Waals surface area contributed by atoms with Gasteiger partial charge in [0.25, 0.3) is 0 Å². The summed E-state index contributed by atoms with van der Waals surface area (Å²) < 4.78 is 47.1. The third-order valence-electron chi connectivity index (χ3n) is 2.06. The maximum absolute atomic E-state index is 12.4. The molecule has 0 aliphatic carbocycles. The quantitative estimate of drug-likeness (QED) is 0.849. The van der Waals surface area contributed by atoms with Crippen molar-refractivity contribution in [3.8, 4) is 5.88 Å². The van der Waals surface area contributed by atoms with Gasteiger partial charge in [-0.1, -0.05) is 11.2 Å². The summed E-state index contributed by atoms with van der Waals surface area (Å²) in [4.78, 5) is 3.36. The Labute approximate surface area is 100 Å². The van der Waals surface area contributed by atoms with Gasteiger partial charge in [-0.3, -0.25) is 0 Å². The fraction of sp³-hybridized carbons (Fsp3) is 0.273. The summed E-state index contributed by atoms with van der Waals surface area (Å²) in [6, 6.07) is 5.10. The molecule has 0 spiro atoms. The molecule has 0 N–H and O–H groups in total. The molecule has 0 aromatic carbocycles. The minimum absolute atomic E-state index is 0.00561. The van der Waals surface area contributed by atoms with Gasteiger partial charge >= 0.3 is 6.18 Å². The standard InChI is InChI=1S/C11H9F3N2O2/c1-7-5-8(16-18-7)6-17-10-4-2-3-9(15-10)11(12,13)14/h2-5H,6H2,1H3. The monoisotopic (exact) mass is 258 g/mol. The van der Waals surface area contributed by atoms with E-state index in [1.54, 1.807) is 13.0 Å². The number of nitrogens with zero attached hydrogens (tertiary/aromatic N) is 2. The van der Waals surface area contributed by atoms with Gasteiger partial charge in [0.15, 0.2) is 0 Å². The van der Waals surface area contributed by atoms with Gasteiger partial charge in [0, 0.05) is 12.1 Å². The third kappa shape index (κ3) is 2.99. The van der Waals surface area contributed by atoms with Crippen molar-refractivity contribution in [1.82, 2.24) is 10.1 Å². The highest BCUT2D eigenvalue weighted by atomic mass is 19.4. The lowest BCUT2D eigenvalue weighted by Gasteiger charge is -2.07. The highest BCUT2D eigenvalue weighted by Crippen LogP contribution is 2.28. The van der Waals surface area contributed by atoms with Gasteiger partial charge in [-0.2, -0.15) is 13.2 Å². The van der Waals surface area contributed by atoms with Crippen molar-refractivity contribution in [2.45, 2.75) is 19.7 Å². The molecule has 0 saturated carbocycles. The molecule has 2 aromatic heterocycles. The number of hydrogen-bond acceptors (Lipinski definition) is 4. The zero-order valence-electron chi connectivity index (χ0n) is 9.36. The fourth-order valence-corrected chi connectivity index (χ4v) is 1.29. The Kier molecular flexibility index (Phi) is 3.22. The van der Waals surface area contributed by atoms with Crippen molar-refractivity contribution in [2.75, 3.05) is 0 Å². The first-order valence-corrected chi connectivity index (χ1v) is 5.04. The summed E-state index contributed by atoms with van der Waals surface area (Å²) in [5.41, 5.74) is -0.497. The van der Waals surface area contributed by atoms with Crippen LogP contribution in [0.4, 0.5) is 13.2 Å². The van der Waals surface area contributed by atoms with E-state index >= 15 is 0 Å². The Hall–Kier alpha value is -2.05. The number of halogens is 3. The van der Waals surface area contributed by atoms with Crippen molar-refractivity contribution >= 4 is 0 Å². The van der Waals surface area contributed by atoms with Crippen LogP contribution in [0.25, 0.3) is 0 Å². The molecule has 18 heavy (non-hydrogen) atoms. The average Bonchev–Trinajstić information content (AvgIpc) is 2.72. The van der Waals surface area contributed by atoms with Crippen LogP contribution in [0.15, 0.2) is 28.8 Å². The van der Waals surface area contributed by atoms with Crippen molar-refractivity contribution < 1.29 is 22.4 Å². The first-order chi connectivity index (χ1) is 8.45. The van der Waals surface area contributed by atoms with E-state index in [0.29, 0.717) is 11.5 Å². The van der Waals surface area contributed by atoms with Crippen LogP contribution in [0.1, 0.15) is 17.1 Å². The highest BCUT2D eigenvalue weighted by molar-refractivity contribution is 5.18. The van der Waals surface area contributed by atoms with Crippen molar-refractivity contribution in [2.24, 2.45) is 0 Å². The second-order valence-corrected chi connectivity index (χ2v) is 3.58. The van der Waals surface area contributed by atoms with Crippen LogP contribution in [0.3, 0.4) is 0 Å². The number of alkyl halides is 3. The molecule has 2 heterocycles. The second-order valence-electron chi connectivity index (χ2n) is 3.58. The SMILES string of the molecule is Cc1cc(COc2cccc(C(F)(F)F)n2)no1. The number of pyridine rings is 1. The molecule has 0 saturated heterocycles. The predicted octanol–water partition coefficient (Wildman–Crippen LogP) is 2.98. The minimum Gasteiger partial charge on any atom is -0.471 e. The molecular weight excluding hydrogens is 249 g/mol. The van der Waals surface area contributed by atoms with Crippen LogP contribution in [-0.4, -0.2) is 10.1 Å². The summed E-state index contributed by atoms with van der Waals surface area (Å²) >= 11 is 0. The predicted molar refractivity (Wildman–Crippen MR) is 54.8 cm³/mol. The third-order valence-corrected chi connectivity index (χ3v) is 2.06. The molecule has 96 valence electrons. The number of rotatable bonds is 3. The van der Waals surface area contributed by atoms with E-state index in [4.69, 9.17) is 9.26 Å². The average molecular weight is 258 g/mol. The number of aromatic nitrogens is 2. The van der Waals surface area contributed by atoms with E-state index in [1.807, 2.05) is 0 Å². The van der Waals surface area contributed by atoms with Gasteiger partial charge in [0.1, 0.15) is 23.8 Å². The van der Waals surface area contributed by atoms with E-state index < -0.39 is 11.9 Å². The zero-order valence-corrected chi connectivity index (χ0v) is 9.36. The number of aryl methyl sites for hydroxylation is 1. The first kappa shape index (κ1) is 12.4. The Morgan fingerprint density at radius 1 is 1.33 bits per heavy atom. The van der Waals surface area contributed by atoms with Crippen molar-refractivity contribution in [3.05, 3.63) is 41.4 Å². The van der Waals surface area contributed by atoms with Gasteiger partial charge in [0.2, 0.25) is 5.88 Å². The van der Waals surface area contributed by atoms with E-state index in [1.165, 1.54) is 12.1 Å². The minimum atomic E-state index is -4.48. The van der Waals surface area contributed by atoms with Gasteiger partial charge in [0.05, 0.1) is 0 Å². The Morgan fingerprint density at radius 2 is 2.11 bits per heavy atom. The van der Waals surface area contributed by atoms with Gasteiger partial charge in [-0.15, -0.1) is 0 Å². The highest BCUT2D eigenvalue weighted by Gasteiger charge is 2.32. The van der Waals surface area contributed by atoms with E-state index in [9.17, 15) is 13.2 Å². The first-order valence-electron chi connectivity index (χ1n) is 5.04. The van der Waals surface area contributed by atoms with Crippen LogP contribution in [0.5, 0.6) is 5.88 Å². The topological polar surface area (TPSA) is 48.2 Å². The molecule has 2 aromatic rings. The smallest absolute Gasteiger partial charge is 0.433 e. The molecular formula is C11H9F3N2O2. The molecule has 0 bridgehead atoms. The lowest BCUT2D eigenvalue weighted by Crippen LogP contribution is -2.08. The number of hydrogen-bond donors (Lipinski definition) is 0. The van der Waals surface area contributed by atoms with Gasteiger partial charge in [-0.25, -0.2) is 4.98 Å². The molecule has 0 radical (unpaired) electrons. The lowest BCUT2D eigenvalue weighted by atomic mass is 10.3. The molecule has 0 fully saturated rings. The largest absolute Gasteiger partial charge is 0.471 e. The molecule has 0 unspecified atom stereocenters. The zero-order chi connectivity index (χ0) is 13.2. The second kappa shape index (κ2) is 4.67. The Balaban J connectivity index is 2.06. The molecule has 7 heteroatoms. The van der Waals surface area contributed by atoms with Crippen LogP contribution >= 0.6 is 0 Å². The molecule has 0 aliphatic rings. The van der Waals surface area contributed by atoms with Crippen LogP contribution < -0.4 is 4.74 Å². The normalized spacial score (nSPS) is 11.6. The summed E-state index contributed by atoms with van der Waals surface area (Å²) in [5, 5.41) is 3.65. The summed E-state index contributed by atoms with van der Waals surface area (Å²) in [6.07, 6.45) is -4.48. The van der Waals surface area contributed by atoms with Crippen LogP contribution in [0, 0.1) is 6.92 Å². The van der Waals surface area contributed by atoms with Crippen molar-refractivity contribution in [3.63, 3.8) is 0 Å². The van der Waals surface area contributed by atoms with Gasteiger partial charge in [-0.05, 0) is 13.0 Å². The molecule has 0 aliphatic heterocycles. The molecule has 0 atom stereocenters. The van der Waals surface area contributed by atoms with Gasteiger partial charge < -0.3 is 9.26 Å². The molecule has 4 nitrogen and oxygen atoms in total. The van der Waals surface area contributed by atoms with Crippen LogP contribution in [-0.2, 0) is 12.8 Å². The summed E-state index contributed by atoms with van der Waals surface area (Å²) in [7, 11) is 0. The maximum Gasteiger partial charge on any atom is 0.433 e.